The van der Waals surface area contributed by atoms with E-state index in [1.54, 1.807) is 4.31 Å². The molecule has 6 nitrogen and oxygen atoms in total. The standard InChI is InChI=1S/C20H21Br2ClN2O2S.C19H19Br2ClN2/c1-28(26,27)25-6-4-12(5-7-25)19-18-13(9-16(23)10-17(18)22)2-3-14-8-15(21)11-24-20(14)19;20-14-7-13-2-1-12-8-15(22)9-16(21)17(12)18(19(13)24-10-14)11-3-5-23-6-4-11/h8-12,19H,2-7H2,1H3;7-11,18,23H,1-6H2. The highest BCUT2D eigenvalue weighted by Gasteiger charge is 2.37. The number of benzene rings is 2. The van der Waals surface area contributed by atoms with E-state index < -0.39 is 10.0 Å². The van der Waals surface area contributed by atoms with Gasteiger partial charge in [0.05, 0.1) is 17.6 Å². The molecule has 0 radical (unpaired) electrons. The average molecular weight is 1020 g/mol. The summed E-state index contributed by atoms with van der Waals surface area (Å²) >= 11 is 27.4. The van der Waals surface area contributed by atoms with Gasteiger partial charge >= 0.3 is 0 Å². The number of aryl methyl sites for hydroxylation is 4. The molecule has 2 aromatic carbocycles. The predicted molar refractivity (Wildman–Crippen MR) is 225 cm³/mol. The number of pyridine rings is 2. The van der Waals surface area contributed by atoms with Crippen LogP contribution in [0.3, 0.4) is 0 Å². The third-order valence-corrected chi connectivity index (χ3v) is 15.0. The van der Waals surface area contributed by atoms with Gasteiger partial charge in [0.1, 0.15) is 0 Å². The maximum absolute atomic E-state index is 11.9. The zero-order valence-corrected chi connectivity index (χ0v) is 37.4. The minimum atomic E-state index is -3.14. The van der Waals surface area contributed by atoms with Crippen molar-refractivity contribution in [3.63, 3.8) is 0 Å². The summed E-state index contributed by atoms with van der Waals surface area (Å²) in [5, 5.41) is 5.03. The van der Waals surface area contributed by atoms with Gasteiger partial charge in [0, 0.05) is 65.3 Å². The van der Waals surface area contributed by atoms with Crippen molar-refractivity contribution in [2.75, 3.05) is 32.4 Å². The van der Waals surface area contributed by atoms with Crippen LogP contribution in [0.25, 0.3) is 0 Å². The van der Waals surface area contributed by atoms with E-state index in [0.717, 1.165) is 85.2 Å². The number of hydrogen-bond donors (Lipinski definition) is 1. The van der Waals surface area contributed by atoms with Gasteiger partial charge in [-0.3, -0.25) is 9.97 Å². The predicted octanol–water partition coefficient (Wildman–Crippen LogP) is 10.7. The minimum Gasteiger partial charge on any atom is -0.317 e. The van der Waals surface area contributed by atoms with Crippen molar-refractivity contribution >= 4 is 96.9 Å². The largest absolute Gasteiger partial charge is 0.317 e. The molecule has 2 atom stereocenters. The molecule has 13 heteroatoms. The Labute approximate surface area is 350 Å². The van der Waals surface area contributed by atoms with Crippen LogP contribution in [0, 0.1) is 11.8 Å². The van der Waals surface area contributed by atoms with Crippen LogP contribution in [0.15, 0.2) is 66.7 Å². The van der Waals surface area contributed by atoms with Gasteiger partial charge in [-0.15, -0.1) is 0 Å². The van der Waals surface area contributed by atoms with Gasteiger partial charge in [0.2, 0.25) is 10.0 Å². The normalized spacial score (nSPS) is 21.1. The van der Waals surface area contributed by atoms with E-state index in [0.29, 0.717) is 30.8 Å². The van der Waals surface area contributed by atoms with E-state index in [1.807, 2.05) is 24.5 Å². The number of aromatic nitrogens is 2. The lowest BCUT2D eigenvalue weighted by molar-refractivity contribution is 0.255. The van der Waals surface area contributed by atoms with Gasteiger partial charge in [0.15, 0.2) is 0 Å². The van der Waals surface area contributed by atoms with E-state index in [9.17, 15) is 8.42 Å². The van der Waals surface area contributed by atoms with E-state index in [1.165, 1.54) is 58.2 Å². The molecular weight excluding hydrogens is 979 g/mol. The molecule has 2 aliphatic heterocycles. The van der Waals surface area contributed by atoms with Crippen LogP contribution in [0.2, 0.25) is 10.0 Å². The SMILES string of the molecule is CS(=O)(=O)N1CCC(C2c3ncc(Br)cc3CCc3cc(Cl)cc(Br)c32)CC1.Clc1cc(Br)c2c(c1)CCc1cc(Br)cnc1C2C1CCNCC1. The summed E-state index contributed by atoms with van der Waals surface area (Å²) < 4.78 is 29.7. The summed E-state index contributed by atoms with van der Waals surface area (Å²) in [5.74, 6) is 1.43. The van der Waals surface area contributed by atoms with E-state index >= 15 is 0 Å². The molecule has 2 fully saturated rings. The Balaban J connectivity index is 0.000000164. The molecule has 2 unspecified atom stereocenters. The van der Waals surface area contributed by atoms with E-state index in [2.05, 4.69) is 93.3 Å². The zero-order chi connectivity index (χ0) is 36.7. The summed E-state index contributed by atoms with van der Waals surface area (Å²) in [7, 11) is -3.14. The van der Waals surface area contributed by atoms with Crippen LogP contribution in [0.4, 0.5) is 0 Å². The number of nitrogens with one attached hydrogen (secondary N) is 1. The second-order valence-electron chi connectivity index (χ2n) is 14.4. The molecule has 0 saturated carbocycles. The topological polar surface area (TPSA) is 75.2 Å². The van der Waals surface area contributed by atoms with Gasteiger partial charge in [-0.2, -0.15) is 0 Å². The number of halogens is 6. The van der Waals surface area contributed by atoms with Crippen molar-refractivity contribution in [1.29, 1.82) is 0 Å². The molecule has 0 bridgehead atoms. The van der Waals surface area contributed by atoms with Crippen molar-refractivity contribution in [2.24, 2.45) is 11.8 Å². The third kappa shape index (κ3) is 8.58. The van der Waals surface area contributed by atoms with Crippen molar-refractivity contribution in [3.8, 4) is 0 Å². The van der Waals surface area contributed by atoms with E-state index in [4.69, 9.17) is 33.2 Å². The molecule has 52 heavy (non-hydrogen) atoms. The van der Waals surface area contributed by atoms with Crippen molar-refractivity contribution in [3.05, 3.63) is 121 Å². The molecule has 2 saturated heterocycles. The van der Waals surface area contributed by atoms with Gasteiger partial charge in [-0.1, -0.05) is 55.1 Å². The van der Waals surface area contributed by atoms with Gasteiger partial charge in [-0.25, -0.2) is 12.7 Å². The quantitative estimate of drug-likeness (QED) is 0.221. The third-order valence-electron chi connectivity index (χ3n) is 11.1. The summed E-state index contributed by atoms with van der Waals surface area (Å²) in [4.78, 5) is 9.71. The Morgan fingerprint density at radius 2 is 1.08 bits per heavy atom. The summed E-state index contributed by atoms with van der Waals surface area (Å²) in [6, 6.07) is 12.6. The van der Waals surface area contributed by atoms with Crippen LogP contribution >= 0.6 is 86.9 Å². The molecule has 2 aliphatic carbocycles. The molecule has 2 aromatic heterocycles. The lowest BCUT2D eigenvalue weighted by Crippen LogP contribution is -2.39. The molecule has 0 amide bonds. The highest BCUT2D eigenvalue weighted by molar-refractivity contribution is 9.11. The number of nitrogens with zero attached hydrogens (tertiary/aromatic N) is 3. The Morgan fingerprint density at radius 1 is 0.654 bits per heavy atom. The van der Waals surface area contributed by atoms with Crippen molar-refractivity contribution < 1.29 is 8.42 Å². The Hall–Kier alpha value is -0.890. The molecule has 4 heterocycles. The van der Waals surface area contributed by atoms with Gasteiger partial charge in [-0.05, 0) is 178 Å². The van der Waals surface area contributed by atoms with Gasteiger partial charge in [0.25, 0.3) is 0 Å². The van der Waals surface area contributed by atoms with Crippen LogP contribution in [-0.2, 0) is 35.7 Å². The van der Waals surface area contributed by atoms with Crippen molar-refractivity contribution in [1.82, 2.24) is 19.6 Å². The fourth-order valence-electron chi connectivity index (χ4n) is 8.78. The molecule has 276 valence electrons. The molecule has 8 rings (SSSR count). The Kier molecular flexibility index (Phi) is 12.6. The summed E-state index contributed by atoms with van der Waals surface area (Å²) in [6.45, 7) is 3.31. The highest BCUT2D eigenvalue weighted by Crippen LogP contribution is 2.47. The monoisotopic (exact) mass is 1010 g/mol. The molecule has 4 aromatic rings. The Bertz CT molecular complexity index is 2090. The lowest BCUT2D eigenvalue weighted by atomic mass is 9.77. The number of sulfonamides is 1. The first kappa shape index (κ1) is 39.3. The van der Waals surface area contributed by atoms with Crippen LogP contribution in [-0.4, -0.2) is 55.1 Å². The first-order chi connectivity index (χ1) is 24.9. The summed E-state index contributed by atoms with van der Waals surface area (Å²) in [6.07, 6.45) is 13.0. The highest BCUT2D eigenvalue weighted by atomic mass is 79.9. The molecule has 4 aliphatic rings. The first-order valence-corrected chi connectivity index (χ1v) is 23.5. The Morgan fingerprint density at radius 3 is 1.52 bits per heavy atom. The number of hydrogen-bond acceptors (Lipinski definition) is 5. The number of rotatable bonds is 3. The molecular formula is C39H40Br4Cl2N4O2S. The zero-order valence-electron chi connectivity index (χ0n) is 28.7. The van der Waals surface area contributed by atoms with Crippen LogP contribution < -0.4 is 5.32 Å². The average Bonchev–Trinajstić information content (AvgIpc) is 3.36. The molecule has 0 spiro atoms. The van der Waals surface area contributed by atoms with Gasteiger partial charge < -0.3 is 5.32 Å². The van der Waals surface area contributed by atoms with E-state index in [-0.39, 0.29) is 5.92 Å². The number of fused-ring (bicyclic) bond motifs is 4. The number of piperidine rings is 2. The van der Waals surface area contributed by atoms with Crippen LogP contribution in [0.5, 0.6) is 0 Å². The lowest BCUT2D eigenvalue weighted by Gasteiger charge is -2.36. The maximum Gasteiger partial charge on any atom is 0.211 e. The second kappa shape index (κ2) is 16.7. The second-order valence-corrected chi connectivity index (χ2v) is 20.8. The summed E-state index contributed by atoms with van der Waals surface area (Å²) in [5.41, 5.74) is 10.3. The first-order valence-electron chi connectivity index (χ1n) is 17.8. The fraction of sp³-hybridized carbons (Fsp3) is 0.436. The maximum atomic E-state index is 11.9. The van der Waals surface area contributed by atoms with Crippen LogP contribution in [0.1, 0.15) is 82.3 Å². The fourth-order valence-corrected chi connectivity index (χ4v) is 12.7. The smallest absolute Gasteiger partial charge is 0.211 e. The molecule has 1 N–H and O–H groups in total. The minimum absolute atomic E-state index is 0.133. The van der Waals surface area contributed by atoms with Crippen molar-refractivity contribution in [2.45, 2.75) is 63.2 Å².